The number of anilines is 1. The van der Waals surface area contributed by atoms with E-state index in [-0.39, 0.29) is 11.9 Å². The van der Waals surface area contributed by atoms with Gasteiger partial charge in [0, 0.05) is 26.3 Å². The van der Waals surface area contributed by atoms with Crippen LogP contribution in [0.1, 0.15) is 20.3 Å². The molecule has 0 bridgehead atoms. The number of rotatable bonds is 3. The van der Waals surface area contributed by atoms with E-state index in [1.165, 1.54) is 0 Å². The van der Waals surface area contributed by atoms with Crippen molar-refractivity contribution < 1.29 is 4.79 Å². The number of likely N-dealkylation sites (N-methyl/N-ethyl adjacent to an activating group) is 1. The molecule has 7 heteroatoms. The van der Waals surface area contributed by atoms with Crippen molar-refractivity contribution in [2.75, 3.05) is 25.0 Å². The van der Waals surface area contributed by atoms with E-state index >= 15 is 0 Å². The molecular weight excluding hydrogens is 292 g/mol. The lowest BCUT2D eigenvalue weighted by Gasteiger charge is -2.42. The van der Waals surface area contributed by atoms with Crippen molar-refractivity contribution in [3.63, 3.8) is 0 Å². The Morgan fingerprint density at radius 2 is 2.30 bits per heavy atom. The van der Waals surface area contributed by atoms with Crippen LogP contribution in [0.2, 0.25) is 0 Å². The van der Waals surface area contributed by atoms with Crippen LogP contribution in [-0.2, 0) is 4.79 Å². The highest BCUT2D eigenvalue weighted by molar-refractivity contribution is 5.87. The fraction of sp³-hybridized carbons (Fsp3) is 0.562. The average Bonchev–Trinajstić information content (AvgIpc) is 3.02. The van der Waals surface area contributed by atoms with Crippen molar-refractivity contribution in [1.82, 2.24) is 19.9 Å². The Morgan fingerprint density at radius 1 is 1.52 bits per heavy atom. The molecule has 3 unspecified atom stereocenters. The lowest BCUT2D eigenvalue weighted by molar-refractivity contribution is -0.133. The summed E-state index contributed by atoms with van der Waals surface area (Å²) < 4.78 is 0. The van der Waals surface area contributed by atoms with Crippen LogP contribution in [0, 0.1) is 5.92 Å². The van der Waals surface area contributed by atoms with Gasteiger partial charge in [0.1, 0.15) is 17.8 Å². The van der Waals surface area contributed by atoms with Gasteiger partial charge >= 0.3 is 0 Å². The van der Waals surface area contributed by atoms with Crippen molar-refractivity contribution >= 4 is 22.8 Å². The predicted octanol–water partition coefficient (Wildman–Crippen LogP) is 0.978. The van der Waals surface area contributed by atoms with E-state index in [1.807, 2.05) is 24.2 Å². The van der Waals surface area contributed by atoms with Gasteiger partial charge in [0.05, 0.1) is 17.5 Å². The van der Waals surface area contributed by atoms with Crippen LogP contribution in [0.4, 0.5) is 5.82 Å². The largest absolute Gasteiger partial charge is 0.354 e. The zero-order chi connectivity index (χ0) is 16.6. The van der Waals surface area contributed by atoms with E-state index in [9.17, 15) is 4.79 Å². The fourth-order valence-corrected chi connectivity index (χ4v) is 3.34. The number of likely N-dealkylation sites (tertiary alicyclic amines) is 1. The molecule has 0 aromatic carbocycles. The average molecular weight is 316 g/mol. The molecule has 7 nitrogen and oxygen atoms in total. The molecule has 1 amide bonds. The topological polar surface area (TPSA) is 91.1 Å². The number of piperidine rings is 1. The van der Waals surface area contributed by atoms with Crippen molar-refractivity contribution in [1.29, 1.82) is 0 Å². The highest BCUT2D eigenvalue weighted by atomic mass is 16.2. The zero-order valence-electron chi connectivity index (χ0n) is 13.9. The number of fused-ring (bicyclic) bond motifs is 1. The maximum absolute atomic E-state index is 12.2. The quantitative estimate of drug-likeness (QED) is 0.881. The molecule has 0 aliphatic carbocycles. The Bertz CT molecular complexity index is 697. The van der Waals surface area contributed by atoms with E-state index in [4.69, 9.17) is 5.73 Å². The van der Waals surface area contributed by atoms with Gasteiger partial charge in [0.25, 0.3) is 0 Å². The fourth-order valence-electron chi connectivity index (χ4n) is 3.34. The highest BCUT2D eigenvalue weighted by Crippen LogP contribution is 2.28. The monoisotopic (exact) mass is 316 g/mol. The van der Waals surface area contributed by atoms with Crippen LogP contribution < -0.4 is 10.6 Å². The molecule has 3 heterocycles. The lowest BCUT2D eigenvalue weighted by atomic mass is 9.92. The van der Waals surface area contributed by atoms with Crippen LogP contribution in [0.5, 0.6) is 0 Å². The van der Waals surface area contributed by atoms with E-state index < -0.39 is 6.04 Å². The molecule has 2 aromatic heterocycles. The van der Waals surface area contributed by atoms with Gasteiger partial charge in [-0.25, -0.2) is 9.97 Å². The minimum atomic E-state index is -0.454. The lowest BCUT2D eigenvalue weighted by Crippen LogP contribution is -2.55. The van der Waals surface area contributed by atoms with Crippen LogP contribution in [0.3, 0.4) is 0 Å². The van der Waals surface area contributed by atoms with Gasteiger partial charge in [0.2, 0.25) is 5.91 Å². The second-order valence-electron chi connectivity index (χ2n) is 6.45. The molecular formula is C16H24N6O. The number of aromatic nitrogens is 3. The van der Waals surface area contributed by atoms with Crippen molar-refractivity contribution in [2.45, 2.75) is 32.4 Å². The summed E-state index contributed by atoms with van der Waals surface area (Å²) in [6.07, 6.45) is 4.41. The molecule has 0 radical (unpaired) electrons. The normalized spacial score (nSPS) is 23.0. The molecule has 23 heavy (non-hydrogen) atoms. The summed E-state index contributed by atoms with van der Waals surface area (Å²) in [6.45, 7) is 5.42. The Kier molecular flexibility index (Phi) is 4.21. The van der Waals surface area contributed by atoms with Crippen molar-refractivity contribution in [3.05, 3.63) is 18.6 Å². The molecule has 0 saturated carbocycles. The Labute approximate surface area is 135 Å². The second kappa shape index (κ2) is 6.16. The summed E-state index contributed by atoms with van der Waals surface area (Å²) in [7, 11) is 2.04. The number of nitrogens with two attached hydrogens (primary N) is 1. The van der Waals surface area contributed by atoms with Crippen LogP contribution >= 0.6 is 0 Å². The molecule has 124 valence electrons. The van der Waals surface area contributed by atoms with Crippen LogP contribution in [0.15, 0.2) is 18.6 Å². The highest BCUT2D eigenvalue weighted by Gasteiger charge is 2.33. The zero-order valence-corrected chi connectivity index (χ0v) is 13.9. The maximum Gasteiger partial charge on any atom is 0.239 e. The molecule has 3 rings (SSSR count). The first-order valence-electron chi connectivity index (χ1n) is 8.04. The number of carbonyl (C=O) groups excluding carboxylic acids is 1. The molecule has 1 fully saturated rings. The Hall–Kier alpha value is -2.15. The smallest absolute Gasteiger partial charge is 0.239 e. The summed E-state index contributed by atoms with van der Waals surface area (Å²) in [5.74, 6) is 1.38. The summed E-state index contributed by atoms with van der Waals surface area (Å²) in [5, 5.41) is 0.998. The van der Waals surface area contributed by atoms with E-state index in [0.29, 0.717) is 12.5 Å². The van der Waals surface area contributed by atoms with E-state index in [0.717, 1.165) is 29.8 Å². The number of carbonyl (C=O) groups is 1. The number of H-pyrrole nitrogens is 1. The van der Waals surface area contributed by atoms with Crippen molar-refractivity contribution in [2.24, 2.45) is 11.7 Å². The summed E-state index contributed by atoms with van der Waals surface area (Å²) in [4.78, 5) is 28.1. The molecule has 2 aromatic rings. The number of aromatic amines is 1. The van der Waals surface area contributed by atoms with Gasteiger partial charge in [-0.2, -0.15) is 0 Å². The first-order chi connectivity index (χ1) is 11.0. The number of amides is 1. The van der Waals surface area contributed by atoms with Gasteiger partial charge < -0.3 is 20.5 Å². The van der Waals surface area contributed by atoms with Gasteiger partial charge in [0.15, 0.2) is 0 Å². The maximum atomic E-state index is 12.2. The Morgan fingerprint density at radius 3 is 3.04 bits per heavy atom. The van der Waals surface area contributed by atoms with Gasteiger partial charge in [-0.15, -0.1) is 0 Å². The van der Waals surface area contributed by atoms with Crippen LogP contribution in [-0.4, -0.2) is 58.0 Å². The number of nitrogens with one attached hydrogen (secondary N) is 1. The first-order valence-corrected chi connectivity index (χ1v) is 8.04. The van der Waals surface area contributed by atoms with Crippen molar-refractivity contribution in [3.8, 4) is 0 Å². The minimum absolute atomic E-state index is 0.0183. The molecule has 0 spiro atoms. The van der Waals surface area contributed by atoms with Gasteiger partial charge in [-0.1, -0.05) is 6.92 Å². The molecule has 3 atom stereocenters. The number of hydrogen-bond acceptors (Lipinski definition) is 5. The number of hydrogen-bond donors (Lipinski definition) is 2. The van der Waals surface area contributed by atoms with Gasteiger partial charge in [-0.3, -0.25) is 4.79 Å². The molecule has 1 saturated heterocycles. The minimum Gasteiger partial charge on any atom is -0.354 e. The summed E-state index contributed by atoms with van der Waals surface area (Å²) >= 11 is 0. The van der Waals surface area contributed by atoms with Crippen LogP contribution in [0.25, 0.3) is 11.0 Å². The third-order valence-corrected chi connectivity index (χ3v) is 4.78. The first kappa shape index (κ1) is 15.7. The number of nitrogens with zero attached hydrogens (tertiary/aromatic N) is 4. The Balaban J connectivity index is 1.86. The van der Waals surface area contributed by atoms with E-state index in [2.05, 4.69) is 26.8 Å². The summed E-state index contributed by atoms with van der Waals surface area (Å²) in [6, 6.07) is 1.74. The third kappa shape index (κ3) is 2.88. The third-order valence-electron chi connectivity index (χ3n) is 4.78. The predicted molar refractivity (Wildman–Crippen MR) is 90.1 cm³/mol. The molecule has 1 aliphatic rings. The second-order valence-corrected chi connectivity index (χ2v) is 6.45. The van der Waals surface area contributed by atoms with E-state index in [1.54, 1.807) is 13.3 Å². The SMILES string of the molecule is CC(N)C(=O)N1CCC(C)C(N(C)c2ncnc3[nH]ccc23)C1. The standard InChI is InChI=1S/C16H24N6O/c1-10-5-7-22(16(23)11(2)17)8-13(10)21(3)15-12-4-6-18-14(12)19-9-20-15/h4,6,9-11,13H,5,7-8,17H2,1-3H3,(H,18,19,20). The molecule has 1 aliphatic heterocycles. The summed E-state index contributed by atoms with van der Waals surface area (Å²) in [5.41, 5.74) is 6.59. The molecule has 3 N–H and O–H groups in total. The van der Waals surface area contributed by atoms with Gasteiger partial charge in [-0.05, 0) is 25.3 Å².